The lowest BCUT2D eigenvalue weighted by Gasteiger charge is -2.47. The van der Waals surface area contributed by atoms with Gasteiger partial charge in [-0.25, -0.2) is 4.98 Å². The number of hydrogen-bond acceptors (Lipinski definition) is 5. The third-order valence-corrected chi connectivity index (χ3v) is 6.98. The van der Waals surface area contributed by atoms with E-state index in [0.717, 1.165) is 18.8 Å². The lowest BCUT2D eigenvalue weighted by molar-refractivity contribution is 0.0299. The van der Waals surface area contributed by atoms with Gasteiger partial charge in [0.25, 0.3) is 0 Å². The van der Waals surface area contributed by atoms with Crippen LogP contribution in [-0.2, 0) is 13.1 Å². The number of benzene rings is 1. The van der Waals surface area contributed by atoms with E-state index in [0.29, 0.717) is 5.41 Å². The second-order valence-corrected chi connectivity index (χ2v) is 8.81. The molecule has 0 N–H and O–H groups in total. The van der Waals surface area contributed by atoms with Gasteiger partial charge in [0.15, 0.2) is 0 Å². The smallest absolute Gasteiger partial charge is 0.119 e. The number of methoxy groups -OCH3 is 1. The Balaban J connectivity index is 1.25. The fraction of sp³-hybridized carbons (Fsp3) is 0.571. The predicted octanol–water partition coefficient (Wildman–Crippen LogP) is 4.03. The van der Waals surface area contributed by atoms with Crippen LogP contribution in [0.5, 0.6) is 5.75 Å². The lowest BCUT2D eigenvalue weighted by Crippen LogP contribution is -2.46. The first kappa shape index (κ1) is 18.0. The number of rotatable bonds is 5. The van der Waals surface area contributed by atoms with Crippen molar-refractivity contribution < 1.29 is 4.74 Å². The Hall–Kier alpha value is -1.43. The molecular weight excluding hydrogens is 342 g/mol. The summed E-state index contributed by atoms with van der Waals surface area (Å²) in [5, 5.41) is 3.34. The molecule has 0 amide bonds. The van der Waals surface area contributed by atoms with Crippen LogP contribution in [0.1, 0.15) is 36.3 Å². The number of thiazole rings is 1. The minimum Gasteiger partial charge on any atom is -0.497 e. The van der Waals surface area contributed by atoms with Crippen molar-refractivity contribution in [3.05, 3.63) is 46.4 Å². The van der Waals surface area contributed by atoms with E-state index in [4.69, 9.17) is 4.74 Å². The van der Waals surface area contributed by atoms with Crippen molar-refractivity contribution in [2.75, 3.05) is 33.3 Å². The molecule has 0 bridgehead atoms. The predicted molar refractivity (Wildman–Crippen MR) is 107 cm³/mol. The second-order valence-electron chi connectivity index (χ2n) is 7.83. The topological polar surface area (TPSA) is 28.6 Å². The van der Waals surface area contributed by atoms with Gasteiger partial charge < -0.3 is 4.74 Å². The largest absolute Gasteiger partial charge is 0.497 e. The molecule has 1 aromatic heterocycles. The Morgan fingerprint density at radius 2 is 1.73 bits per heavy atom. The average molecular weight is 372 g/mol. The Kier molecular flexibility index (Phi) is 5.57. The summed E-state index contributed by atoms with van der Waals surface area (Å²) in [5.41, 5.74) is 1.95. The van der Waals surface area contributed by atoms with E-state index in [1.807, 2.05) is 12.3 Å². The molecular formula is C21H29N3OS. The average Bonchev–Trinajstić information content (AvgIpc) is 3.19. The number of aromatic nitrogens is 1. The van der Waals surface area contributed by atoms with Gasteiger partial charge in [-0.1, -0.05) is 12.1 Å². The number of hydrogen-bond donors (Lipinski definition) is 0. The van der Waals surface area contributed by atoms with Gasteiger partial charge in [0, 0.05) is 18.1 Å². The molecule has 0 atom stereocenters. The first-order chi connectivity index (χ1) is 12.7. The second kappa shape index (κ2) is 8.07. The zero-order valence-electron chi connectivity index (χ0n) is 15.7. The molecule has 0 saturated carbocycles. The molecule has 140 valence electrons. The zero-order chi connectivity index (χ0) is 17.8. The molecule has 1 aromatic carbocycles. The Morgan fingerprint density at radius 1 is 1.04 bits per heavy atom. The Bertz CT molecular complexity index is 685. The Morgan fingerprint density at radius 3 is 2.35 bits per heavy atom. The fourth-order valence-corrected chi connectivity index (χ4v) is 5.08. The first-order valence-corrected chi connectivity index (χ1v) is 10.6. The van der Waals surface area contributed by atoms with Crippen molar-refractivity contribution in [1.29, 1.82) is 0 Å². The molecule has 2 fully saturated rings. The molecule has 2 aromatic rings. The molecule has 26 heavy (non-hydrogen) atoms. The number of piperidine rings is 2. The van der Waals surface area contributed by atoms with Crippen molar-refractivity contribution in [1.82, 2.24) is 14.8 Å². The van der Waals surface area contributed by atoms with E-state index >= 15 is 0 Å². The molecule has 5 heteroatoms. The molecule has 3 heterocycles. The molecule has 2 saturated heterocycles. The van der Waals surface area contributed by atoms with Crippen molar-refractivity contribution in [2.24, 2.45) is 5.41 Å². The van der Waals surface area contributed by atoms with Crippen LogP contribution in [0, 0.1) is 5.41 Å². The lowest BCUT2D eigenvalue weighted by atomic mass is 9.71. The van der Waals surface area contributed by atoms with E-state index in [1.165, 1.54) is 62.4 Å². The van der Waals surface area contributed by atoms with Gasteiger partial charge >= 0.3 is 0 Å². The van der Waals surface area contributed by atoms with Crippen molar-refractivity contribution >= 4 is 11.3 Å². The summed E-state index contributed by atoms with van der Waals surface area (Å²) < 4.78 is 5.35. The molecule has 0 radical (unpaired) electrons. The Labute approximate surface area is 160 Å². The van der Waals surface area contributed by atoms with E-state index < -0.39 is 0 Å². The van der Waals surface area contributed by atoms with E-state index in [9.17, 15) is 0 Å². The van der Waals surface area contributed by atoms with Crippen LogP contribution in [-0.4, -0.2) is 48.1 Å². The van der Waals surface area contributed by atoms with Crippen molar-refractivity contribution in [2.45, 2.75) is 38.8 Å². The maximum Gasteiger partial charge on any atom is 0.119 e. The minimum atomic E-state index is 0.588. The summed E-state index contributed by atoms with van der Waals surface area (Å²) >= 11 is 1.78. The SMILES string of the molecule is COc1cccc(CN2CCC3(CC2)CCN(Cc2nccs2)CC3)c1. The number of ether oxygens (including phenoxy) is 1. The third-order valence-electron chi connectivity index (χ3n) is 6.22. The molecule has 0 unspecified atom stereocenters. The summed E-state index contributed by atoms with van der Waals surface area (Å²) in [6, 6.07) is 8.50. The highest BCUT2D eigenvalue weighted by molar-refractivity contribution is 7.09. The normalized spacial score (nSPS) is 21.1. The standard InChI is InChI=1S/C21H29N3OS/c1-25-19-4-2-3-18(15-19)16-23-10-5-21(6-11-23)7-12-24(13-8-21)17-20-22-9-14-26-20/h2-4,9,14-15H,5-8,10-13,16-17H2,1H3. The van der Waals surface area contributed by atoms with Crippen LogP contribution in [0.3, 0.4) is 0 Å². The fourth-order valence-electron chi connectivity index (χ4n) is 4.42. The zero-order valence-corrected chi connectivity index (χ0v) is 16.5. The van der Waals surface area contributed by atoms with E-state index in [1.54, 1.807) is 18.4 Å². The third kappa shape index (κ3) is 4.27. The van der Waals surface area contributed by atoms with Gasteiger partial charge in [0.05, 0.1) is 13.7 Å². The quantitative estimate of drug-likeness (QED) is 0.793. The van der Waals surface area contributed by atoms with Gasteiger partial charge in [-0.15, -0.1) is 11.3 Å². The first-order valence-electron chi connectivity index (χ1n) is 9.71. The monoisotopic (exact) mass is 371 g/mol. The van der Waals surface area contributed by atoms with Crippen LogP contribution < -0.4 is 4.74 Å². The summed E-state index contributed by atoms with van der Waals surface area (Å²) in [5.74, 6) is 0.962. The maximum absolute atomic E-state index is 5.35. The molecule has 4 rings (SSSR count). The van der Waals surface area contributed by atoms with Crippen molar-refractivity contribution in [3.63, 3.8) is 0 Å². The summed E-state index contributed by atoms with van der Waals surface area (Å²) in [6.07, 6.45) is 7.32. The summed E-state index contributed by atoms with van der Waals surface area (Å²) in [7, 11) is 1.74. The van der Waals surface area contributed by atoms with Crippen LogP contribution in [0.15, 0.2) is 35.8 Å². The van der Waals surface area contributed by atoms with Gasteiger partial charge in [-0.3, -0.25) is 9.80 Å². The highest BCUT2D eigenvalue weighted by Gasteiger charge is 2.37. The summed E-state index contributed by atoms with van der Waals surface area (Å²) in [6.45, 7) is 7.00. The number of likely N-dealkylation sites (tertiary alicyclic amines) is 2. The molecule has 4 nitrogen and oxygen atoms in total. The highest BCUT2D eigenvalue weighted by atomic mass is 32.1. The summed E-state index contributed by atoms with van der Waals surface area (Å²) in [4.78, 5) is 9.64. The highest BCUT2D eigenvalue weighted by Crippen LogP contribution is 2.41. The van der Waals surface area contributed by atoms with Crippen LogP contribution in [0.25, 0.3) is 0 Å². The molecule has 1 spiro atoms. The minimum absolute atomic E-state index is 0.588. The van der Waals surface area contributed by atoms with Crippen LogP contribution >= 0.6 is 11.3 Å². The molecule has 0 aliphatic carbocycles. The van der Waals surface area contributed by atoms with E-state index in [-0.39, 0.29) is 0 Å². The van der Waals surface area contributed by atoms with Crippen molar-refractivity contribution in [3.8, 4) is 5.75 Å². The van der Waals surface area contributed by atoms with E-state index in [2.05, 4.69) is 38.4 Å². The van der Waals surface area contributed by atoms with Gasteiger partial charge in [-0.05, 0) is 75.0 Å². The van der Waals surface area contributed by atoms with Gasteiger partial charge in [0.1, 0.15) is 10.8 Å². The maximum atomic E-state index is 5.35. The molecule has 2 aliphatic heterocycles. The van der Waals surface area contributed by atoms with Gasteiger partial charge in [0.2, 0.25) is 0 Å². The molecule has 2 aliphatic rings. The number of nitrogens with zero attached hydrogens (tertiary/aromatic N) is 3. The van der Waals surface area contributed by atoms with Gasteiger partial charge in [-0.2, -0.15) is 0 Å². The van der Waals surface area contributed by atoms with Crippen LogP contribution in [0.2, 0.25) is 0 Å². The van der Waals surface area contributed by atoms with Crippen LogP contribution in [0.4, 0.5) is 0 Å².